The van der Waals surface area contributed by atoms with Gasteiger partial charge in [-0.3, -0.25) is 4.79 Å². The summed E-state index contributed by atoms with van der Waals surface area (Å²) in [5.41, 5.74) is 0. The van der Waals surface area contributed by atoms with Crippen molar-refractivity contribution in [2.75, 3.05) is 7.11 Å². The van der Waals surface area contributed by atoms with Gasteiger partial charge in [-0.25, -0.2) is 0 Å². The van der Waals surface area contributed by atoms with Gasteiger partial charge in [0.15, 0.2) is 0 Å². The highest BCUT2D eigenvalue weighted by Crippen LogP contribution is 1.94. The van der Waals surface area contributed by atoms with Gasteiger partial charge in [0.05, 0.1) is 7.11 Å². The van der Waals surface area contributed by atoms with Crippen LogP contribution in [0, 0.1) is 12.3 Å². The molecule has 0 bridgehead atoms. The molecule has 10 heavy (non-hydrogen) atoms. The molecule has 0 atom stereocenters. The number of ether oxygens (including phenoxy) is 1. The average molecular weight is 143 g/mol. The third-order valence-electron chi connectivity index (χ3n) is 0.930. The van der Waals surface area contributed by atoms with E-state index in [1.165, 1.54) is 7.11 Å². The second-order valence-electron chi connectivity index (χ2n) is 1.63. The monoisotopic (exact) mass is 143 g/mol. The van der Waals surface area contributed by atoms with E-state index in [1.54, 1.807) is 0 Å². The zero-order chi connectivity index (χ0) is 7.11. The fraction of sp³-hybridized carbons (Fsp3) is 0.571. The van der Waals surface area contributed by atoms with Crippen LogP contribution in [0.4, 0.5) is 0 Å². The quantitative estimate of drug-likeness (QED) is 0.366. The molecule has 0 aliphatic rings. The van der Waals surface area contributed by atoms with E-state index in [-0.39, 0.29) is 12.1 Å². The Labute approximate surface area is 61.3 Å². The summed E-state index contributed by atoms with van der Waals surface area (Å²) >= 11 is 0. The summed E-state index contributed by atoms with van der Waals surface area (Å²) in [5.74, 6) is 2.25. The zero-order valence-electron chi connectivity index (χ0n) is 6.22. The predicted molar refractivity (Wildman–Crippen MR) is 39.7 cm³/mol. The lowest BCUT2D eigenvalue weighted by Crippen LogP contribution is -1.98. The maximum atomic E-state index is 10.4. The predicted octanol–water partition coefficient (Wildman–Crippen LogP) is 1.12. The summed E-state index contributed by atoms with van der Waals surface area (Å²) in [6.07, 6.45) is 6.76. The SMILES string of the molecule is C#CCCCC(=O)OC.N. The highest BCUT2D eigenvalue weighted by atomic mass is 16.5. The van der Waals surface area contributed by atoms with Crippen LogP contribution in [-0.4, -0.2) is 13.1 Å². The number of methoxy groups -OCH3 is 1. The van der Waals surface area contributed by atoms with Crippen LogP contribution in [0.25, 0.3) is 0 Å². The second-order valence-corrected chi connectivity index (χ2v) is 1.63. The highest BCUT2D eigenvalue weighted by molar-refractivity contribution is 5.69. The van der Waals surface area contributed by atoms with Crippen molar-refractivity contribution in [1.82, 2.24) is 6.15 Å². The molecule has 0 unspecified atom stereocenters. The highest BCUT2D eigenvalue weighted by Gasteiger charge is 1.96. The van der Waals surface area contributed by atoms with Crippen molar-refractivity contribution in [3.8, 4) is 12.3 Å². The summed E-state index contributed by atoms with van der Waals surface area (Å²) < 4.78 is 4.39. The zero-order valence-corrected chi connectivity index (χ0v) is 6.22. The Morgan fingerprint density at radius 1 is 1.70 bits per heavy atom. The van der Waals surface area contributed by atoms with E-state index in [4.69, 9.17) is 6.42 Å². The summed E-state index contributed by atoms with van der Waals surface area (Å²) in [6.45, 7) is 0. The van der Waals surface area contributed by atoms with Gasteiger partial charge in [0.1, 0.15) is 0 Å². The molecular formula is C7H13NO2. The van der Waals surface area contributed by atoms with Crippen LogP contribution in [0.1, 0.15) is 19.3 Å². The Balaban J connectivity index is 0. The molecule has 3 nitrogen and oxygen atoms in total. The van der Waals surface area contributed by atoms with Crippen molar-refractivity contribution in [2.24, 2.45) is 0 Å². The van der Waals surface area contributed by atoms with Crippen LogP contribution in [-0.2, 0) is 9.53 Å². The van der Waals surface area contributed by atoms with E-state index in [9.17, 15) is 4.79 Å². The van der Waals surface area contributed by atoms with Crippen molar-refractivity contribution in [3.05, 3.63) is 0 Å². The van der Waals surface area contributed by atoms with Gasteiger partial charge >= 0.3 is 5.97 Å². The Bertz CT molecular complexity index is 126. The second kappa shape index (κ2) is 7.99. The molecule has 0 aliphatic carbocycles. The molecule has 0 saturated carbocycles. The smallest absolute Gasteiger partial charge is 0.305 e. The number of rotatable bonds is 3. The minimum Gasteiger partial charge on any atom is -0.469 e. The molecule has 0 spiro atoms. The van der Waals surface area contributed by atoms with Gasteiger partial charge < -0.3 is 10.9 Å². The molecule has 3 N–H and O–H groups in total. The first-order chi connectivity index (χ1) is 4.31. The number of hydrogen-bond acceptors (Lipinski definition) is 3. The molecule has 0 rings (SSSR count). The van der Waals surface area contributed by atoms with Gasteiger partial charge in [0.25, 0.3) is 0 Å². The minimum absolute atomic E-state index is 0. The minimum atomic E-state index is -0.190. The lowest BCUT2D eigenvalue weighted by molar-refractivity contribution is -0.140. The molecule has 0 saturated heterocycles. The van der Waals surface area contributed by atoms with Crippen LogP contribution in [0.2, 0.25) is 0 Å². The first-order valence-corrected chi connectivity index (χ1v) is 2.81. The maximum Gasteiger partial charge on any atom is 0.305 e. The van der Waals surface area contributed by atoms with E-state index in [0.717, 1.165) is 6.42 Å². The lowest BCUT2D eigenvalue weighted by atomic mass is 10.2. The summed E-state index contributed by atoms with van der Waals surface area (Å²) in [4.78, 5) is 10.4. The van der Waals surface area contributed by atoms with Gasteiger partial charge in [0.2, 0.25) is 0 Å². The largest absolute Gasteiger partial charge is 0.469 e. The number of carbonyl (C=O) groups excluding carboxylic acids is 1. The normalized spacial score (nSPS) is 7.20. The standard InChI is InChI=1S/C7H10O2.H3N/c1-3-4-5-6-7(8)9-2;/h1H,4-6H2,2H3;1H3. The Morgan fingerprint density at radius 2 is 2.30 bits per heavy atom. The molecule has 0 amide bonds. The van der Waals surface area contributed by atoms with Crippen molar-refractivity contribution in [2.45, 2.75) is 19.3 Å². The van der Waals surface area contributed by atoms with Crippen molar-refractivity contribution < 1.29 is 9.53 Å². The maximum absolute atomic E-state index is 10.4. The van der Waals surface area contributed by atoms with Crippen molar-refractivity contribution >= 4 is 5.97 Å². The van der Waals surface area contributed by atoms with Gasteiger partial charge in [-0.2, -0.15) is 0 Å². The fourth-order valence-electron chi connectivity index (χ4n) is 0.437. The molecule has 0 aromatic heterocycles. The van der Waals surface area contributed by atoms with E-state index >= 15 is 0 Å². The van der Waals surface area contributed by atoms with Gasteiger partial charge in [0, 0.05) is 12.8 Å². The molecule has 0 radical (unpaired) electrons. The van der Waals surface area contributed by atoms with Crippen LogP contribution in [0.15, 0.2) is 0 Å². The van der Waals surface area contributed by atoms with Gasteiger partial charge in [-0.15, -0.1) is 12.3 Å². The summed E-state index contributed by atoms with van der Waals surface area (Å²) in [7, 11) is 1.37. The van der Waals surface area contributed by atoms with Crippen LogP contribution in [0.3, 0.4) is 0 Å². The van der Waals surface area contributed by atoms with Crippen LogP contribution in [0.5, 0.6) is 0 Å². The van der Waals surface area contributed by atoms with E-state index in [0.29, 0.717) is 12.8 Å². The lowest BCUT2D eigenvalue weighted by Gasteiger charge is -1.93. The number of carbonyl (C=O) groups is 1. The van der Waals surface area contributed by atoms with Crippen LogP contribution >= 0.6 is 0 Å². The number of unbranched alkanes of at least 4 members (excludes halogenated alkanes) is 1. The van der Waals surface area contributed by atoms with E-state index in [1.807, 2.05) is 0 Å². The topological polar surface area (TPSA) is 61.3 Å². The van der Waals surface area contributed by atoms with E-state index < -0.39 is 0 Å². The summed E-state index contributed by atoms with van der Waals surface area (Å²) in [6, 6.07) is 0. The molecule has 0 aromatic carbocycles. The molecule has 0 heterocycles. The molecule has 58 valence electrons. The van der Waals surface area contributed by atoms with E-state index in [2.05, 4.69) is 10.7 Å². The Kier molecular flexibility index (Phi) is 9.39. The first-order valence-electron chi connectivity index (χ1n) is 2.81. The molecule has 0 fully saturated rings. The van der Waals surface area contributed by atoms with Crippen LogP contribution < -0.4 is 6.15 Å². The third-order valence-corrected chi connectivity index (χ3v) is 0.930. The molecular weight excluding hydrogens is 130 g/mol. The molecule has 0 aliphatic heterocycles. The number of hydrogen-bond donors (Lipinski definition) is 1. The summed E-state index contributed by atoms with van der Waals surface area (Å²) in [5, 5.41) is 0. The Hall–Kier alpha value is -1.01. The third kappa shape index (κ3) is 6.99. The number of esters is 1. The molecule has 0 aromatic rings. The average Bonchev–Trinajstić information content (AvgIpc) is 1.89. The first kappa shape index (κ1) is 11.7. The van der Waals surface area contributed by atoms with Gasteiger partial charge in [-0.1, -0.05) is 0 Å². The van der Waals surface area contributed by atoms with Crippen molar-refractivity contribution in [3.63, 3.8) is 0 Å². The van der Waals surface area contributed by atoms with Gasteiger partial charge in [-0.05, 0) is 6.42 Å². The molecule has 3 heteroatoms. The number of terminal acetylenes is 1. The van der Waals surface area contributed by atoms with Crippen molar-refractivity contribution in [1.29, 1.82) is 0 Å². The fourth-order valence-corrected chi connectivity index (χ4v) is 0.437. The Morgan fingerprint density at radius 3 is 2.70 bits per heavy atom.